The third kappa shape index (κ3) is 5.16. The molecule has 0 spiro atoms. The second-order valence-corrected chi connectivity index (χ2v) is 9.57. The first kappa shape index (κ1) is 20.6. The summed E-state index contributed by atoms with van der Waals surface area (Å²) in [6, 6.07) is 8.68. The van der Waals surface area contributed by atoms with Gasteiger partial charge < -0.3 is 4.74 Å². The molecule has 0 saturated carbocycles. The van der Waals surface area contributed by atoms with Crippen LogP contribution in [0, 0.1) is 0 Å². The van der Waals surface area contributed by atoms with Crippen molar-refractivity contribution in [3.63, 3.8) is 0 Å². The molecule has 0 amide bonds. The van der Waals surface area contributed by atoms with E-state index in [9.17, 15) is 9.00 Å². The molecule has 0 saturated heterocycles. The van der Waals surface area contributed by atoms with E-state index >= 15 is 0 Å². The van der Waals surface area contributed by atoms with Crippen molar-refractivity contribution in [3.05, 3.63) is 52.7 Å². The Kier molecular flexibility index (Phi) is 6.97. The Hall–Kier alpha value is -1.70. The fourth-order valence-electron chi connectivity index (χ4n) is 1.83. The van der Waals surface area contributed by atoms with E-state index in [0.29, 0.717) is 21.2 Å². The number of carbonyl (C=O) groups excluding carboxylic acids is 1. The maximum Gasteiger partial charge on any atom is 0.340 e. The fourth-order valence-corrected chi connectivity index (χ4v) is 3.63. The van der Waals surface area contributed by atoms with Crippen LogP contribution < -0.4 is 0 Å². The van der Waals surface area contributed by atoms with Crippen LogP contribution >= 0.6 is 23.4 Å². The first-order valence-corrected chi connectivity index (χ1v) is 10.00. The second-order valence-electron chi connectivity index (χ2n) is 6.20. The van der Waals surface area contributed by atoms with Gasteiger partial charge in [-0.05, 0) is 45.0 Å². The van der Waals surface area contributed by atoms with Crippen molar-refractivity contribution in [2.45, 2.75) is 35.4 Å². The van der Waals surface area contributed by atoms with E-state index in [-0.39, 0.29) is 0 Å². The Bertz CT molecular complexity index is 864. The molecule has 0 radical (unpaired) electrons. The van der Waals surface area contributed by atoms with Gasteiger partial charge in [-0.25, -0.2) is 14.0 Å². The highest BCUT2D eigenvalue weighted by Crippen LogP contribution is 2.34. The normalized spacial score (nSPS) is 13.0. The molecule has 1 aromatic carbocycles. The van der Waals surface area contributed by atoms with Crippen LogP contribution in [0.15, 0.2) is 50.8 Å². The monoisotopic (exact) mass is 410 g/mol. The zero-order valence-corrected chi connectivity index (χ0v) is 17.2. The molecule has 2 aromatic rings. The minimum Gasteiger partial charge on any atom is -0.465 e. The van der Waals surface area contributed by atoms with E-state index < -0.39 is 21.7 Å². The van der Waals surface area contributed by atoms with E-state index in [2.05, 4.69) is 9.38 Å². The molecule has 1 unspecified atom stereocenters. The summed E-state index contributed by atoms with van der Waals surface area (Å²) in [6.45, 7) is 5.54. The van der Waals surface area contributed by atoms with Gasteiger partial charge in [-0.2, -0.15) is 4.40 Å². The summed E-state index contributed by atoms with van der Waals surface area (Å²) < 4.78 is 20.7. The van der Waals surface area contributed by atoms with Crippen LogP contribution in [-0.2, 0) is 15.7 Å². The van der Waals surface area contributed by atoms with Gasteiger partial charge in [-0.15, -0.1) is 0 Å². The molecule has 1 aromatic heterocycles. The average molecular weight is 411 g/mol. The SMILES string of the molecule is COC(=O)c1cccnc1Sc1cccc(Cl)c1C=NS(=O)C(C)(C)C. The number of hydrogen-bond acceptors (Lipinski definition) is 5. The van der Waals surface area contributed by atoms with E-state index in [1.165, 1.54) is 25.1 Å². The number of pyridine rings is 1. The molecule has 0 aliphatic carbocycles. The summed E-state index contributed by atoms with van der Waals surface area (Å²) in [7, 11) is -0.0797. The molecule has 8 heteroatoms. The zero-order valence-electron chi connectivity index (χ0n) is 14.9. The van der Waals surface area contributed by atoms with Gasteiger partial charge in [-0.3, -0.25) is 0 Å². The van der Waals surface area contributed by atoms with E-state index in [1.807, 2.05) is 26.8 Å². The van der Waals surface area contributed by atoms with E-state index in [0.717, 1.165) is 4.90 Å². The molecule has 1 atom stereocenters. The van der Waals surface area contributed by atoms with Gasteiger partial charge in [0.15, 0.2) is 0 Å². The molecule has 0 aliphatic rings. The summed E-state index contributed by atoms with van der Waals surface area (Å²) >= 11 is 7.58. The summed E-state index contributed by atoms with van der Waals surface area (Å²) in [4.78, 5) is 16.9. The van der Waals surface area contributed by atoms with Crippen molar-refractivity contribution < 1.29 is 13.7 Å². The predicted molar refractivity (Wildman–Crippen MR) is 107 cm³/mol. The highest BCUT2D eigenvalue weighted by molar-refractivity contribution is 7.99. The van der Waals surface area contributed by atoms with Crippen molar-refractivity contribution in [1.29, 1.82) is 0 Å². The number of methoxy groups -OCH3 is 1. The number of ether oxygens (including phenoxy) is 1. The number of hydrogen-bond donors (Lipinski definition) is 0. The average Bonchev–Trinajstić information content (AvgIpc) is 2.60. The van der Waals surface area contributed by atoms with Gasteiger partial charge in [-0.1, -0.05) is 29.4 Å². The van der Waals surface area contributed by atoms with Crippen molar-refractivity contribution >= 4 is 46.5 Å². The van der Waals surface area contributed by atoms with Crippen molar-refractivity contribution in [2.75, 3.05) is 7.11 Å². The highest BCUT2D eigenvalue weighted by Gasteiger charge is 2.19. The van der Waals surface area contributed by atoms with Crippen molar-refractivity contribution in [1.82, 2.24) is 4.98 Å². The first-order chi connectivity index (χ1) is 12.2. The second kappa shape index (κ2) is 8.79. The summed E-state index contributed by atoms with van der Waals surface area (Å²) in [5.41, 5.74) is 0.986. The predicted octanol–water partition coefficient (Wildman–Crippen LogP) is 4.55. The Balaban J connectivity index is 2.41. The molecule has 138 valence electrons. The van der Waals surface area contributed by atoms with Crippen LogP contribution in [0.4, 0.5) is 0 Å². The summed E-state index contributed by atoms with van der Waals surface area (Å²) in [6.07, 6.45) is 3.11. The fraction of sp³-hybridized carbons (Fsp3) is 0.278. The summed E-state index contributed by atoms with van der Waals surface area (Å²) in [5.74, 6) is -0.466. The molecular weight excluding hydrogens is 392 g/mol. The third-order valence-electron chi connectivity index (χ3n) is 3.20. The van der Waals surface area contributed by atoms with Gasteiger partial charge in [0.2, 0.25) is 0 Å². The minimum absolute atomic E-state index is 0.362. The van der Waals surface area contributed by atoms with Gasteiger partial charge in [0.1, 0.15) is 16.0 Å². The third-order valence-corrected chi connectivity index (χ3v) is 5.97. The van der Waals surface area contributed by atoms with Crippen LogP contribution in [0.3, 0.4) is 0 Å². The lowest BCUT2D eigenvalue weighted by Crippen LogP contribution is -2.19. The Labute approximate surface area is 164 Å². The van der Waals surface area contributed by atoms with Gasteiger partial charge >= 0.3 is 5.97 Å². The number of rotatable bonds is 5. The van der Waals surface area contributed by atoms with E-state index in [4.69, 9.17) is 16.3 Å². The lowest BCUT2D eigenvalue weighted by molar-refractivity contribution is 0.0596. The number of aromatic nitrogens is 1. The highest BCUT2D eigenvalue weighted by atomic mass is 35.5. The van der Waals surface area contributed by atoms with E-state index in [1.54, 1.807) is 30.5 Å². The standard InChI is InChI=1S/C18H19ClN2O3S2/c1-18(2,3)26(23)21-11-13-14(19)8-5-9-15(13)25-16-12(17(22)24-4)7-6-10-20-16/h5-11H,1-4H3. The molecule has 0 bridgehead atoms. The molecule has 26 heavy (non-hydrogen) atoms. The quantitative estimate of drug-likeness (QED) is 0.534. The van der Waals surface area contributed by atoms with Gasteiger partial charge in [0, 0.05) is 22.9 Å². The minimum atomic E-state index is -1.40. The number of halogens is 1. The van der Waals surface area contributed by atoms with Crippen molar-refractivity contribution in [3.8, 4) is 0 Å². The number of nitrogens with zero attached hydrogens (tertiary/aromatic N) is 2. The number of esters is 1. The largest absolute Gasteiger partial charge is 0.465 e. The topological polar surface area (TPSA) is 68.6 Å². The maximum atomic E-state index is 12.2. The molecule has 0 fully saturated rings. The molecule has 0 aliphatic heterocycles. The van der Waals surface area contributed by atoms with Crippen LogP contribution in [0.5, 0.6) is 0 Å². The Morgan fingerprint density at radius 1 is 1.31 bits per heavy atom. The molecule has 2 rings (SSSR count). The smallest absolute Gasteiger partial charge is 0.340 e. The first-order valence-electron chi connectivity index (χ1n) is 7.70. The Morgan fingerprint density at radius 3 is 2.69 bits per heavy atom. The zero-order chi connectivity index (χ0) is 19.3. The maximum absolute atomic E-state index is 12.2. The number of benzene rings is 1. The van der Waals surface area contributed by atoms with Crippen LogP contribution in [0.25, 0.3) is 0 Å². The lowest BCUT2D eigenvalue weighted by Gasteiger charge is -2.13. The molecule has 5 nitrogen and oxygen atoms in total. The van der Waals surface area contributed by atoms with Crippen LogP contribution in [0.1, 0.15) is 36.7 Å². The van der Waals surface area contributed by atoms with Crippen LogP contribution in [0.2, 0.25) is 5.02 Å². The molecular formula is C18H19ClN2O3S2. The van der Waals surface area contributed by atoms with Gasteiger partial charge in [0.25, 0.3) is 0 Å². The van der Waals surface area contributed by atoms with Gasteiger partial charge in [0.05, 0.1) is 22.4 Å². The molecule has 1 heterocycles. The van der Waals surface area contributed by atoms with Crippen molar-refractivity contribution in [2.24, 2.45) is 4.40 Å². The summed E-state index contributed by atoms with van der Waals surface area (Å²) in [5, 5.41) is 0.966. The van der Waals surface area contributed by atoms with Crippen LogP contribution in [-0.4, -0.2) is 33.2 Å². The number of carbonyl (C=O) groups is 1. The lowest BCUT2D eigenvalue weighted by atomic mass is 10.2. The molecule has 0 N–H and O–H groups in total. The Morgan fingerprint density at radius 2 is 2.04 bits per heavy atom.